The summed E-state index contributed by atoms with van der Waals surface area (Å²) in [5.74, 6) is -0.501. The Morgan fingerprint density at radius 3 is 2.61 bits per heavy atom. The molecule has 0 amide bonds. The zero-order valence-corrected chi connectivity index (χ0v) is 13.2. The Kier molecular flexibility index (Phi) is 4.17. The minimum atomic E-state index is -0.501. The molecule has 0 aliphatic rings. The van der Waals surface area contributed by atoms with Crippen molar-refractivity contribution in [2.24, 2.45) is 0 Å². The van der Waals surface area contributed by atoms with Gasteiger partial charge in [-0.2, -0.15) is 0 Å². The number of carbonyl (C=O) groups is 2. The molecule has 1 aromatic carbocycles. The number of aromatic nitrogens is 1. The van der Waals surface area contributed by atoms with E-state index in [0.717, 1.165) is 5.56 Å². The van der Waals surface area contributed by atoms with Gasteiger partial charge >= 0.3 is 5.97 Å². The first-order chi connectivity index (χ1) is 11.2. The smallest absolute Gasteiger partial charge is 0.341 e. The van der Waals surface area contributed by atoms with Crippen molar-refractivity contribution in [2.75, 3.05) is 6.61 Å². The van der Waals surface area contributed by atoms with Crippen molar-refractivity contribution in [1.29, 1.82) is 0 Å². The molecule has 0 radical (unpaired) electrons. The molecule has 0 unspecified atom stereocenters. The van der Waals surface area contributed by atoms with E-state index in [1.807, 2.05) is 34.9 Å². The molecule has 4 nitrogen and oxygen atoms in total. The molecule has 2 heterocycles. The van der Waals surface area contributed by atoms with E-state index in [9.17, 15) is 9.59 Å². The van der Waals surface area contributed by atoms with Crippen LogP contribution in [0.2, 0.25) is 5.02 Å². The fourth-order valence-electron chi connectivity index (χ4n) is 2.66. The highest BCUT2D eigenvalue weighted by atomic mass is 35.5. The van der Waals surface area contributed by atoms with Crippen molar-refractivity contribution in [3.8, 4) is 11.3 Å². The summed E-state index contributed by atoms with van der Waals surface area (Å²) in [5, 5.41) is 0.605. The average molecular weight is 328 g/mol. The van der Waals surface area contributed by atoms with Crippen LogP contribution in [-0.4, -0.2) is 23.3 Å². The minimum Gasteiger partial charge on any atom is -0.462 e. The van der Waals surface area contributed by atoms with Gasteiger partial charge in [0.2, 0.25) is 0 Å². The minimum absolute atomic E-state index is 0.248. The van der Waals surface area contributed by atoms with E-state index in [-0.39, 0.29) is 12.2 Å². The van der Waals surface area contributed by atoms with Crippen molar-refractivity contribution in [3.05, 3.63) is 64.8 Å². The summed E-state index contributed by atoms with van der Waals surface area (Å²) in [6.07, 6.45) is 2.51. The topological polar surface area (TPSA) is 47.8 Å². The van der Waals surface area contributed by atoms with Gasteiger partial charge in [0.25, 0.3) is 0 Å². The third-order valence-electron chi connectivity index (χ3n) is 3.60. The van der Waals surface area contributed by atoms with Crippen LogP contribution < -0.4 is 0 Å². The largest absolute Gasteiger partial charge is 0.462 e. The molecule has 0 bridgehead atoms. The summed E-state index contributed by atoms with van der Waals surface area (Å²) in [7, 11) is 0. The third-order valence-corrected chi connectivity index (χ3v) is 3.85. The quantitative estimate of drug-likeness (QED) is 0.531. The maximum atomic E-state index is 12.3. The standard InChI is InChI=1S/C18H14ClNO3/c1-2-23-18(22)16-14(11-21)17(12-6-8-13(19)9-7-12)20-10-4-3-5-15(16)20/h3-11H,2H2,1H3. The van der Waals surface area contributed by atoms with E-state index in [0.29, 0.717) is 28.1 Å². The third kappa shape index (κ3) is 2.62. The van der Waals surface area contributed by atoms with Gasteiger partial charge in [0.1, 0.15) is 0 Å². The molecule has 0 N–H and O–H groups in total. The predicted molar refractivity (Wildman–Crippen MR) is 89.2 cm³/mol. The first-order valence-corrected chi connectivity index (χ1v) is 7.56. The molecule has 0 aliphatic carbocycles. The van der Waals surface area contributed by atoms with Gasteiger partial charge in [-0.1, -0.05) is 29.8 Å². The van der Waals surface area contributed by atoms with E-state index in [4.69, 9.17) is 16.3 Å². The predicted octanol–water partition coefficient (Wildman–Crippen LogP) is 4.25. The molecule has 0 saturated heterocycles. The van der Waals surface area contributed by atoms with E-state index >= 15 is 0 Å². The van der Waals surface area contributed by atoms with Gasteiger partial charge in [-0.3, -0.25) is 4.79 Å². The maximum Gasteiger partial charge on any atom is 0.341 e. The summed E-state index contributed by atoms with van der Waals surface area (Å²) in [4.78, 5) is 24.0. The maximum absolute atomic E-state index is 12.3. The zero-order chi connectivity index (χ0) is 16.4. The van der Waals surface area contributed by atoms with Gasteiger partial charge in [-0.05, 0) is 36.8 Å². The number of hydrogen-bond donors (Lipinski definition) is 0. The number of hydrogen-bond acceptors (Lipinski definition) is 3. The SMILES string of the molecule is CCOC(=O)c1c(C=O)c(-c2ccc(Cl)cc2)n2ccccc12. The van der Waals surface area contributed by atoms with E-state index < -0.39 is 5.97 Å². The summed E-state index contributed by atoms with van der Waals surface area (Å²) in [6.45, 7) is 1.98. The molecular weight excluding hydrogens is 314 g/mol. The summed E-state index contributed by atoms with van der Waals surface area (Å²) in [5.41, 5.74) is 2.69. The summed E-state index contributed by atoms with van der Waals surface area (Å²) in [6, 6.07) is 12.6. The highest BCUT2D eigenvalue weighted by Gasteiger charge is 2.24. The van der Waals surface area contributed by atoms with Gasteiger partial charge < -0.3 is 9.14 Å². The fraction of sp³-hybridized carbons (Fsp3) is 0.111. The van der Waals surface area contributed by atoms with Crippen molar-refractivity contribution in [3.63, 3.8) is 0 Å². The number of nitrogens with zero attached hydrogens (tertiary/aromatic N) is 1. The first kappa shape index (κ1) is 15.3. The lowest BCUT2D eigenvalue weighted by atomic mass is 10.1. The molecule has 3 aromatic rings. The van der Waals surface area contributed by atoms with Crippen LogP contribution in [0.5, 0.6) is 0 Å². The van der Waals surface area contributed by atoms with E-state index in [2.05, 4.69) is 0 Å². The van der Waals surface area contributed by atoms with Gasteiger partial charge in [-0.25, -0.2) is 4.79 Å². The number of fused-ring (bicyclic) bond motifs is 1. The molecular formula is C18H14ClNO3. The number of carbonyl (C=O) groups excluding carboxylic acids is 2. The summed E-state index contributed by atoms with van der Waals surface area (Å²) >= 11 is 5.94. The second-order valence-electron chi connectivity index (χ2n) is 4.94. The van der Waals surface area contributed by atoms with Crippen LogP contribution in [0, 0.1) is 0 Å². The summed E-state index contributed by atoms with van der Waals surface area (Å²) < 4.78 is 6.93. The number of pyridine rings is 1. The molecule has 0 aliphatic heterocycles. The number of esters is 1. The lowest BCUT2D eigenvalue weighted by Crippen LogP contribution is -2.06. The van der Waals surface area contributed by atoms with E-state index in [1.165, 1.54) is 0 Å². The van der Waals surface area contributed by atoms with Crippen LogP contribution in [0.15, 0.2) is 48.7 Å². The van der Waals surface area contributed by atoms with Crippen molar-refractivity contribution < 1.29 is 14.3 Å². The average Bonchev–Trinajstić information content (AvgIpc) is 2.90. The zero-order valence-electron chi connectivity index (χ0n) is 12.5. The Bertz CT molecular complexity index is 881. The van der Waals surface area contributed by atoms with Crippen LogP contribution in [0.1, 0.15) is 27.6 Å². The Balaban J connectivity index is 2.35. The van der Waals surface area contributed by atoms with Gasteiger partial charge in [0.05, 0.1) is 28.9 Å². The van der Waals surface area contributed by atoms with Crippen molar-refractivity contribution in [2.45, 2.75) is 6.92 Å². The molecule has 3 rings (SSSR count). The Morgan fingerprint density at radius 2 is 1.96 bits per heavy atom. The van der Waals surface area contributed by atoms with Crippen LogP contribution in [0.3, 0.4) is 0 Å². The molecule has 2 aromatic heterocycles. The van der Waals surface area contributed by atoms with Gasteiger partial charge in [0, 0.05) is 11.2 Å². The second kappa shape index (κ2) is 6.26. The fourth-order valence-corrected chi connectivity index (χ4v) is 2.79. The highest BCUT2D eigenvalue weighted by Crippen LogP contribution is 2.32. The lowest BCUT2D eigenvalue weighted by Gasteiger charge is -2.04. The highest BCUT2D eigenvalue weighted by molar-refractivity contribution is 6.30. The lowest BCUT2D eigenvalue weighted by molar-refractivity contribution is 0.0527. The van der Waals surface area contributed by atoms with Crippen LogP contribution in [-0.2, 0) is 4.74 Å². The normalized spacial score (nSPS) is 10.7. The monoisotopic (exact) mass is 327 g/mol. The molecule has 5 heteroatoms. The van der Waals surface area contributed by atoms with Crippen molar-refractivity contribution in [1.82, 2.24) is 4.40 Å². The number of ether oxygens (including phenoxy) is 1. The molecule has 23 heavy (non-hydrogen) atoms. The van der Waals surface area contributed by atoms with Crippen molar-refractivity contribution >= 4 is 29.4 Å². The molecule has 0 atom stereocenters. The number of halogens is 1. The second-order valence-corrected chi connectivity index (χ2v) is 5.37. The van der Waals surface area contributed by atoms with Gasteiger partial charge in [-0.15, -0.1) is 0 Å². The number of benzene rings is 1. The van der Waals surface area contributed by atoms with Gasteiger partial charge in [0.15, 0.2) is 6.29 Å². The Morgan fingerprint density at radius 1 is 1.22 bits per heavy atom. The Labute approximate surface area is 138 Å². The molecule has 0 saturated carbocycles. The molecule has 0 fully saturated rings. The number of rotatable bonds is 4. The Hall–Kier alpha value is -2.59. The van der Waals surface area contributed by atoms with E-state index in [1.54, 1.807) is 25.1 Å². The van der Waals surface area contributed by atoms with Crippen LogP contribution >= 0.6 is 11.6 Å². The molecule has 116 valence electrons. The van der Waals surface area contributed by atoms with Crippen LogP contribution in [0.25, 0.3) is 16.8 Å². The molecule has 0 spiro atoms. The van der Waals surface area contributed by atoms with Crippen LogP contribution in [0.4, 0.5) is 0 Å². The first-order valence-electron chi connectivity index (χ1n) is 7.18. The number of aldehydes is 1.